The Morgan fingerprint density at radius 1 is 1.06 bits per heavy atom. The zero-order valence-electron chi connectivity index (χ0n) is 11.4. The second kappa shape index (κ2) is 6.60. The van der Waals surface area contributed by atoms with E-state index in [1.54, 1.807) is 0 Å². The summed E-state index contributed by atoms with van der Waals surface area (Å²) in [4.78, 5) is 0. The molecule has 2 rings (SSSR count). The van der Waals surface area contributed by atoms with Gasteiger partial charge in [-0.2, -0.15) is 0 Å². The molecule has 0 saturated heterocycles. The van der Waals surface area contributed by atoms with Crippen LogP contribution in [0.1, 0.15) is 44.6 Å². The van der Waals surface area contributed by atoms with E-state index in [2.05, 4.69) is 42.0 Å². The fraction of sp³-hybridized carbons (Fsp3) is 0.500. The molecule has 0 unspecified atom stereocenters. The van der Waals surface area contributed by atoms with Gasteiger partial charge >= 0.3 is 0 Å². The molecule has 0 spiro atoms. The SMILES string of the molecule is CCCCCCCn1cc(CN)c2ccccc21. The topological polar surface area (TPSA) is 30.9 Å². The number of rotatable bonds is 7. The summed E-state index contributed by atoms with van der Waals surface area (Å²) in [5.74, 6) is 0. The number of nitrogens with zero attached hydrogens (tertiary/aromatic N) is 1. The van der Waals surface area contributed by atoms with Crippen LogP contribution in [0.4, 0.5) is 0 Å². The molecular weight excluding hydrogens is 220 g/mol. The minimum absolute atomic E-state index is 0.628. The van der Waals surface area contributed by atoms with E-state index in [0.29, 0.717) is 6.54 Å². The second-order valence-electron chi connectivity index (χ2n) is 4.98. The maximum Gasteiger partial charge on any atom is 0.0483 e. The van der Waals surface area contributed by atoms with Gasteiger partial charge in [0, 0.05) is 30.2 Å². The average molecular weight is 244 g/mol. The number of hydrogen-bond acceptors (Lipinski definition) is 1. The Bertz CT molecular complexity index is 485. The molecule has 2 nitrogen and oxygen atoms in total. The van der Waals surface area contributed by atoms with Gasteiger partial charge in [-0.05, 0) is 18.1 Å². The van der Waals surface area contributed by atoms with Crippen molar-refractivity contribution in [3.63, 3.8) is 0 Å². The third kappa shape index (κ3) is 2.94. The normalized spacial score (nSPS) is 11.2. The molecule has 0 aliphatic carbocycles. The van der Waals surface area contributed by atoms with Crippen molar-refractivity contribution < 1.29 is 0 Å². The van der Waals surface area contributed by atoms with Crippen molar-refractivity contribution in [3.8, 4) is 0 Å². The van der Waals surface area contributed by atoms with Gasteiger partial charge in [0.2, 0.25) is 0 Å². The minimum atomic E-state index is 0.628. The van der Waals surface area contributed by atoms with Gasteiger partial charge in [-0.3, -0.25) is 0 Å². The van der Waals surface area contributed by atoms with Gasteiger partial charge in [0.15, 0.2) is 0 Å². The molecule has 1 heterocycles. The molecule has 2 aromatic rings. The molecule has 2 heteroatoms. The van der Waals surface area contributed by atoms with Crippen molar-refractivity contribution >= 4 is 10.9 Å². The van der Waals surface area contributed by atoms with Crippen molar-refractivity contribution in [3.05, 3.63) is 36.0 Å². The molecule has 0 aliphatic heterocycles. The highest BCUT2D eigenvalue weighted by molar-refractivity contribution is 5.83. The number of para-hydroxylation sites is 1. The van der Waals surface area contributed by atoms with Crippen molar-refractivity contribution in [1.29, 1.82) is 0 Å². The van der Waals surface area contributed by atoms with Crippen LogP contribution in [0.2, 0.25) is 0 Å². The van der Waals surface area contributed by atoms with Gasteiger partial charge in [-0.15, -0.1) is 0 Å². The molecule has 0 fully saturated rings. The second-order valence-corrected chi connectivity index (χ2v) is 4.98. The molecule has 0 radical (unpaired) electrons. The van der Waals surface area contributed by atoms with E-state index in [1.807, 2.05) is 0 Å². The number of hydrogen-bond donors (Lipinski definition) is 1. The van der Waals surface area contributed by atoms with E-state index in [-0.39, 0.29) is 0 Å². The highest BCUT2D eigenvalue weighted by atomic mass is 15.0. The van der Waals surface area contributed by atoms with Crippen LogP contribution in [0.3, 0.4) is 0 Å². The van der Waals surface area contributed by atoms with Crippen LogP contribution in [0, 0.1) is 0 Å². The van der Waals surface area contributed by atoms with Gasteiger partial charge in [0.25, 0.3) is 0 Å². The number of aromatic nitrogens is 1. The van der Waals surface area contributed by atoms with E-state index in [9.17, 15) is 0 Å². The highest BCUT2D eigenvalue weighted by Gasteiger charge is 2.05. The van der Waals surface area contributed by atoms with Crippen molar-refractivity contribution in [1.82, 2.24) is 4.57 Å². The Labute approximate surface area is 110 Å². The first kappa shape index (κ1) is 13.2. The Morgan fingerprint density at radius 3 is 2.61 bits per heavy atom. The van der Waals surface area contributed by atoms with Crippen LogP contribution in [0.25, 0.3) is 10.9 Å². The van der Waals surface area contributed by atoms with E-state index in [4.69, 9.17) is 5.73 Å². The van der Waals surface area contributed by atoms with Gasteiger partial charge in [-0.1, -0.05) is 50.8 Å². The summed E-state index contributed by atoms with van der Waals surface area (Å²) in [7, 11) is 0. The fourth-order valence-corrected chi connectivity index (χ4v) is 2.56. The Kier molecular flexibility index (Phi) is 4.82. The van der Waals surface area contributed by atoms with Crippen LogP contribution in [-0.4, -0.2) is 4.57 Å². The number of benzene rings is 1. The first-order chi connectivity index (χ1) is 8.86. The van der Waals surface area contributed by atoms with Crippen LogP contribution < -0.4 is 5.73 Å². The largest absolute Gasteiger partial charge is 0.347 e. The smallest absolute Gasteiger partial charge is 0.0483 e. The Morgan fingerprint density at radius 2 is 1.83 bits per heavy atom. The number of fused-ring (bicyclic) bond motifs is 1. The lowest BCUT2D eigenvalue weighted by molar-refractivity contribution is 0.577. The third-order valence-electron chi connectivity index (χ3n) is 3.59. The van der Waals surface area contributed by atoms with Gasteiger partial charge in [-0.25, -0.2) is 0 Å². The Hall–Kier alpha value is -1.28. The first-order valence-corrected chi connectivity index (χ1v) is 7.13. The molecule has 0 bridgehead atoms. The quantitative estimate of drug-likeness (QED) is 0.731. The van der Waals surface area contributed by atoms with E-state index >= 15 is 0 Å². The monoisotopic (exact) mass is 244 g/mol. The lowest BCUT2D eigenvalue weighted by atomic mass is 10.1. The molecular formula is C16H24N2. The molecule has 0 atom stereocenters. The van der Waals surface area contributed by atoms with Crippen molar-refractivity contribution in [2.75, 3.05) is 0 Å². The highest BCUT2D eigenvalue weighted by Crippen LogP contribution is 2.21. The predicted octanol–water partition coefficient (Wildman–Crippen LogP) is 4.07. The molecule has 1 aromatic heterocycles. The fourth-order valence-electron chi connectivity index (χ4n) is 2.56. The molecule has 0 saturated carbocycles. The lowest BCUT2D eigenvalue weighted by Crippen LogP contribution is -1.97. The van der Waals surface area contributed by atoms with Crippen LogP contribution in [0.15, 0.2) is 30.5 Å². The summed E-state index contributed by atoms with van der Waals surface area (Å²) in [6.45, 7) is 4.00. The maximum absolute atomic E-state index is 5.81. The Balaban J connectivity index is 2.04. The zero-order chi connectivity index (χ0) is 12.8. The predicted molar refractivity (Wildman–Crippen MR) is 78.6 cm³/mol. The number of nitrogens with two attached hydrogens (primary N) is 1. The maximum atomic E-state index is 5.81. The van der Waals surface area contributed by atoms with Crippen molar-refractivity contribution in [2.45, 2.75) is 52.1 Å². The summed E-state index contributed by atoms with van der Waals surface area (Å²) in [6.07, 6.45) is 8.86. The summed E-state index contributed by atoms with van der Waals surface area (Å²) < 4.78 is 2.36. The molecule has 2 N–H and O–H groups in total. The molecule has 18 heavy (non-hydrogen) atoms. The van der Waals surface area contributed by atoms with E-state index in [0.717, 1.165) is 6.54 Å². The summed E-state index contributed by atoms with van der Waals surface area (Å²) in [5.41, 5.74) is 8.40. The van der Waals surface area contributed by atoms with Gasteiger partial charge in [0.05, 0.1) is 0 Å². The van der Waals surface area contributed by atoms with Gasteiger partial charge < -0.3 is 10.3 Å². The molecule has 0 aliphatic rings. The van der Waals surface area contributed by atoms with Crippen LogP contribution >= 0.6 is 0 Å². The summed E-state index contributed by atoms with van der Waals surface area (Å²) in [5, 5.41) is 1.31. The van der Waals surface area contributed by atoms with E-state index in [1.165, 1.54) is 48.6 Å². The number of aryl methyl sites for hydroxylation is 1. The van der Waals surface area contributed by atoms with E-state index < -0.39 is 0 Å². The van der Waals surface area contributed by atoms with Crippen LogP contribution in [-0.2, 0) is 13.1 Å². The molecule has 0 amide bonds. The van der Waals surface area contributed by atoms with Crippen molar-refractivity contribution in [2.24, 2.45) is 5.73 Å². The van der Waals surface area contributed by atoms with Gasteiger partial charge in [0.1, 0.15) is 0 Å². The molecule has 1 aromatic carbocycles. The average Bonchev–Trinajstić information content (AvgIpc) is 2.77. The number of unbranched alkanes of at least 4 members (excludes halogenated alkanes) is 4. The molecule has 98 valence electrons. The first-order valence-electron chi connectivity index (χ1n) is 7.13. The summed E-state index contributed by atoms with van der Waals surface area (Å²) >= 11 is 0. The lowest BCUT2D eigenvalue weighted by Gasteiger charge is -2.05. The third-order valence-corrected chi connectivity index (χ3v) is 3.59. The summed E-state index contributed by atoms with van der Waals surface area (Å²) in [6, 6.07) is 8.56. The zero-order valence-corrected chi connectivity index (χ0v) is 11.4. The minimum Gasteiger partial charge on any atom is -0.347 e. The van der Waals surface area contributed by atoms with Crippen LogP contribution in [0.5, 0.6) is 0 Å². The standard InChI is InChI=1S/C16H24N2/c1-2-3-4-5-8-11-18-13-14(12-17)15-9-6-7-10-16(15)18/h6-7,9-10,13H,2-5,8,11-12,17H2,1H3.